The average Bonchev–Trinajstić information content (AvgIpc) is 2.93. The van der Waals surface area contributed by atoms with Gasteiger partial charge in [-0.1, -0.05) is 58.4 Å². The van der Waals surface area contributed by atoms with Gasteiger partial charge in [-0.05, 0) is 36.8 Å². The Labute approximate surface area is 180 Å². The molecule has 0 saturated heterocycles. The van der Waals surface area contributed by atoms with Gasteiger partial charge in [0.05, 0.1) is 5.75 Å². The van der Waals surface area contributed by atoms with Crippen molar-refractivity contribution in [1.82, 2.24) is 0 Å². The topological polar surface area (TPSA) is 88.8 Å². The normalized spacial score (nSPS) is 12.3. The van der Waals surface area contributed by atoms with E-state index in [0.29, 0.717) is 17.3 Å². The molecule has 3 rings (SSSR count). The van der Waals surface area contributed by atoms with Crippen molar-refractivity contribution >= 4 is 50.9 Å². The number of fused-ring (bicyclic) bond motifs is 1. The Morgan fingerprint density at radius 3 is 2.52 bits per heavy atom. The molecule has 0 atom stereocenters. The van der Waals surface area contributed by atoms with Crippen LogP contribution in [0, 0.1) is 0 Å². The van der Waals surface area contributed by atoms with Crippen molar-refractivity contribution in [3.05, 3.63) is 42.5 Å². The maximum atomic E-state index is 12.4. The van der Waals surface area contributed by atoms with Gasteiger partial charge in [-0.3, -0.25) is 0 Å². The smallest absolute Gasteiger partial charge is 0.252 e. The highest BCUT2D eigenvalue weighted by Gasteiger charge is 2.30. The molecule has 0 aliphatic rings. The third-order valence-electron chi connectivity index (χ3n) is 4.08. The molecular weight excluding hydrogens is 474 g/mol. The molecule has 0 spiro atoms. The quantitative estimate of drug-likeness (QED) is 0.314. The predicted octanol–water partition coefficient (Wildman–Crippen LogP) is 5.55. The van der Waals surface area contributed by atoms with Crippen LogP contribution in [0.3, 0.4) is 0 Å². The Balaban J connectivity index is 2.14. The van der Waals surface area contributed by atoms with E-state index in [0.717, 1.165) is 10.8 Å². The fourth-order valence-electron chi connectivity index (χ4n) is 2.92. The summed E-state index contributed by atoms with van der Waals surface area (Å²) < 4.78 is 39.1. The third-order valence-corrected chi connectivity index (χ3v) is 6.78. The monoisotopic (exact) mass is 497 g/mol. The molecule has 0 radical (unpaired) electrons. The summed E-state index contributed by atoms with van der Waals surface area (Å²) in [6.45, 7) is 5.83. The molecule has 9 heteroatoms. The minimum Gasteiger partial charge on any atom is -0.538 e. The van der Waals surface area contributed by atoms with Crippen molar-refractivity contribution in [2.75, 3.05) is 15.8 Å². The second-order valence-corrected chi connectivity index (χ2v) is 14.7. The lowest BCUT2D eigenvalue weighted by molar-refractivity contribution is 0.440. The summed E-state index contributed by atoms with van der Waals surface area (Å²) in [5, 5.41) is 13.3. The number of furan rings is 1. The maximum Gasteiger partial charge on any atom is 0.252 e. The summed E-state index contributed by atoms with van der Waals surface area (Å²) >= 11 is 3.24. The number of aromatic hydroxyl groups is 1. The van der Waals surface area contributed by atoms with Crippen LogP contribution in [0.15, 0.2) is 46.9 Å². The number of halogens is 1. The van der Waals surface area contributed by atoms with Crippen LogP contribution in [0.1, 0.15) is 6.42 Å². The Morgan fingerprint density at radius 2 is 1.83 bits per heavy atom. The van der Waals surface area contributed by atoms with Crippen molar-refractivity contribution in [3.8, 4) is 22.8 Å². The summed E-state index contributed by atoms with van der Waals surface area (Å²) in [4.78, 5) is 0. The van der Waals surface area contributed by atoms with Gasteiger partial charge in [-0.15, -0.1) is 0 Å². The fourth-order valence-corrected chi connectivity index (χ4v) is 5.41. The van der Waals surface area contributed by atoms with Gasteiger partial charge in [0.2, 0.25) is 29.8 Å². The molecule has 0 saturated carbocycles. The van der Waals surface area contributed by atoms with Gasteiger partial charge in [-0.2, -0.15) is 0 Å². The summed E-state index contributed by atoms with van der Waals surface area (Å²) in [6.07, 6.45) is 0.447. The van der Waals surface area contributed by atoms with E-state index in [1.54, 1.807) is 0 Å². The minimum absolute atomic E-state index is 0.0366. The van der Waals surface area contributed by atoms with Crippen LogP contribution in [0.4, 0.5) is 5.88 Å². The van der Waals surface area contributed by atoms with Gasteiger partial charge in [0.1, 0.15) is 0 Å². The van der Waals surface area contributed by atoms with E-state index in [1.165, 1.54) is 0 Å². The summed E-state index contributed by atoms with van der Waals surface area (Å²) in [5.41, 5.74) is 0.659. The second kappa shape index (κ2) is 8.41. The first-order chi connectivity index (χ1) is 13.6. The Bertz CT molecular complexity index is 1120. The van der Waals surface area contributed by atoms with Crippen LogP contribution in [0.2, 0.25) is 19.6 Å². The summed E-state index contributed by atoms with van der Waals surface area (Å²) in [5.74, 6) is -0.164. The van der Waals surface area contributed by atoms with Crippen molar-refractivity contribution in [2.45, 2.75) is 26.1 Å². The molecule has 0 unspecified atom stereocenters. The second-order valence-electron chi connectivity index (χ2n) is 7.64. The van der Waals surface area contributed by atoms with Gasteiger partial charge in [0.15, 0.2) is 5.76 Å². The number of hydrogen-bond donors (Lipinski definition) is 2. The highest BCUT2D eigenvalue weighted by atomic mass is 79.9. The third kappa shape index (κ3) is 5.15. The van der Waals surface area contributed by atoms with Crippen LogP contribution in [-0.4, -0.2) is 32.9 Å². The fraction of sp³-hybridized carbons (Fsp3) is 0.300. The van der Waals surface area contributed by atoms with Gasteiger partial charge in [-0.25, -0.2) is 13.1 Å². The van der Waals surface area contributed by atoms with E-state index < -0.39 is 18.3 Å². The number of nitrogens with one attached hydrogen (secondary N) is 1. The van der Waals surface area contributed by atoms with Crippen molar-refractivity contribution in [2.24, 2.45) is 0 Å². The molecule has 2 aromatic carbocycles. The van der Waals surface area contributed by atoms with Gasteiger partial charge >= 0.3 is 0 Å². The molecular formula is C20H24BrNO5SSi. The number of hydrogen-bond acceptors (Lipinski definition) is 5. The molecule has 29 heavy (non-hydrogen) atoms. The molecule has 0 aliphatic heterocycles. The largest absolute Gasteiger partial charge is 0.538 e. The molecule has 156 valence electrons. The van der Waals surface area contributed by atoms with E-state index in [2.05, 4.69) is 20.7 Å². The van der Waals surface area contributed by atoms with Gasteiger partial charge < -0.3 is 13.9 Å². The number of anilines is 1. The zero-order chi connectivity index (χ0) is 21.2. The first kappa shape index (κ1) is 21.7. The standard InChI is InChI=1S/C20H24BrNO5SSi/c1-29(2,3)27-19-17(23)18(26-20(19)22-28(24,25)13-7-12-21)16-11-6-9-14-8-4-5-10-15(14)16/h4-6,8-11,22-23H,7,12-13H2,1-3H3. The van der Waals surface area contributed by atoms with Crippen LogP contribution >= 0.6 is 15.9 Å². The molecule has 0 aliphatic carbocycles. The Kier molecular flexibility index (Phi) is 6.30. The number of sulfonamides is 1. The first-order valence-corrected chi connectivity index (χ1v) is 15.4. The lowest BCUT2D eigenvalue weighted by atomic mass is 10.0. The van der Waals surface area contributed by atoms with Crippen LogP contribution in [0.25, 0.3) is 22.1 Å². The summed E-state index contributed by atoms with van der Waals surface area (Å²) in [6, 6.07) is 13.4. The van der Waals surface area contributed by atoms with E-state index >= 15 is 0 Å². The highest BCUT2D eigenvalue weighted by Crippen LogP contribution is 2.48. The van der Waals surface area contributed by atoms with Crippen molar-refractivity contribution in [3.63, 3.8) is 0 Å². The van der Waals surface area contributed by atoms with Crippen LogP contribution in [0.5, 0.6) is 11.5 Å². The van der Waals surface area contributed by atoms with Gasteiger partial charge in [0.25, 0.3) is 5.88 Å². The molecule has 0 amide bonds. The zero-order valence-electron chi connectivity index (χ0n) is 16.5. The predicted molar refractivity (Wildman–Crippen MR) is 123 cm³/mol. The molecule has 1 aromatic heterocycles. The maximum absolute atomic E-state index is 12.4. The SMILES string of the molecule is C[Si](C)(C)Oc1c(NS(=O)(=O)CCCBr)oc(-c2cccc3ccccc23)c1O. The van der Waals surface area contributed by atoms with Crippen LogP contribution < -0.4 is 9.15 Å². The van der Waals surface area contributed by atoms with Gasteiger partial charge in [0, 0.05) is 10.9 Å². The van der Waals surface area contributed by atoms with E-state index in [4.69, 9.17) is 8.84 Å². The van der Waals surface area contributed by atoms with Crippen LogP contribution in [-0.2, 0) is 10.0 Å². The average molecular weight is 498 g/mol. The Morgan fingerprint density at radius 1 is 1.14 bits per heavy atom. The van der Waals surface area contributed by atoms with Crippen molar-refractivity contribution < 1.29 is 22.4 Å². The number of alkyl halides is 1. The number of rotatable bonds is 8. The van der Waals surface area contributed by atoms with Crippen molar-refractivity contribution in [1.29, 1.82) is 0 Å². The molecule has 3 aromatic rings. The summed E-state index contributed by atoms with van der Waals surface area (Å²) in [7, 11) is -5.82. The molecule has 2 N–H and O–H groups in total. The number of benzene rings is 2. The lowest BCUT2D eigenvalue weighted by Gasteiger charge is -2.19. The molecule has 0 bridgehead atoms. The van der Waals surface area contributed by atoms with E-state index in [1.807, 2.05) is 62.1 Å². The minimum atomic E-state index is -3.65. The van der Waals surface area contributed by atoms with E-state index in [-0.39, 0.29) is 28.9 Å². The lowest BCUT2D eigenvalue weighted by Crippen LogP contribution is -2.29. The Hall–Kier alpha value is -1.97. The van der Waals surface area contributed by atoms with E-state index in [9.17, 15) is 13.5 Å². The molecule has 0 fully saturated rings. The zero-order valence-corrected chi connectivity index (χ0v) is 19.9. The molecule has 6 nitrogen and oxygen atoms in total. The molecule has 1 heterocycles. The first-order valence-electron chi connectivity index (χ1n) is 9.20. The highest BCUT2D eigenvalue weighted by molar-refractivity contribution is 9.09.